The molecule has 0 spiro atoms. The van der Waals surface area contributed by atoms with Crippen LogP contribution in [0, 0.1) is 0 Å². The number of alkyl carbamates (subject to hydrolysis) is 1. The van der Waals surface area contributed by atoms with E-state index in [1.54, 1.807) is 5.38 Å². The number of methoxy groups -OCH3 is 1. The van der Waals surface area contributed by atoms with Crippen LogP contribution in [0.4, 0.5) is 4.79 Å². The first-order valence-corrected chi connectivity index (χ1v) is 9.86. The number of aliphatic hydroxyl groups excluding tert-OH is 1. The molecule has 1 atom stereocenters. The zero-order chi connectivity index (χ0) is 20.7. The summed E-state index contributed by atoms with van der Waals surface area (Å²) in [6, 6.07) is -1.13. The normalized spacial score (nSPS) is 26.3. The fraction of sp³-hybridized carbons (Fsp3) is 0.667. The Morgan fingerprint density at radius 2 is 1.96 bits per heavy atom. The number of hydrogen-bond donors (Lipinski definition) is 3. The van der Waals surface area contributed by atoms with E-state index in [0.29, 0.717) is 0 Å². The summed E-state index contributed by atoms with van der Waals surface area (Å²) in [6.07, 6.45) is 1.86. The zero-order valence-corrected chi connectivity index (χ0v) is 17.1. The number of aliphatic hydroxyl groups is 1. The lowest BCUT2D eigenvalue weighted by atomic mass is 9.39. The third kappa shape index (κ3) is 3.83. The van der Waals surface area contributed by atoms with Crippen molar-refractivity contribution in [3.05, 3.63) is 16.1 Å². The van der Waals surface area contributed by atoms with Gasteiger partial charge in [-0.05, 0) is 40.0 Å². The van der Waals surface area contributed by atoms with Crippen molar-refractivity contribution in [3.8, 4) is 0 Å². The van der Waals surface area contributed by atoms with Crippen molar-refractivity contribution in [3.63, 3.8) is 0 Å². The largest absolute Gasteiger partial charge is 0.467 e. The third-order valence-corrected chi connectivity index (χ3v) is 6.05. The van der Waals surface area contributed by atoms with E-state index in [1.165, 1.54) is 18.4 Å². The highest BCUT2D eigenvalue weighted by Gasteiger charge is 2.70. The van der Waals surface area contributed by atoms with Gasteiger partial charge < -0.3 is 25.2 Å². The second kappa shape index (κ2) is 7.00. The molecular formula is C18H25N3O6S. The Labute approximate surface area is 166 Å². The maximum atomic E-state index is 12.3. The Morgan fingerprint density at radius 3 is 2.50 bits per heavy atom. The number of carbonyl (C=O) groups excluding carboxylic acids is 3. The lowest BCUT2D eigenvalue weighted by Gasteiger charge is -2.69. The Hall–Kier alpha value is -2.20. The molecule has 1 aromatic heterocycles. The average molecular weight is 411 g/mol. The van der Waals surface area contributed by atoms with Gasteiger partial charge in [0.2, 0.25) is 0 Å². The number of rotatable bonds is 6. The maximum absolute atomic E-state index is 12.3. The molecule has 2 amide bonds. The molecule has 3 aliphatic rings. The molecule has 3 fully saturated rings. The maximum Gasteiger partial charge on any atom is 0.408 e. The molecule has 0 saturated heterocycles. The average Bonchev–Trinajstić information content (AvgIpc) is 3.01. The van der Waals surface area contributed by atoms with Crippen molar-refractivity contribution >= 4 is 29.3 Å². The predicted molar refractivity (Wildman–Crippen MR) is 100 cm³/mol. The highest BCUT2D eigenvalue weighted by atomic mass is 32.1. The van der Waals surface area contributed by atoms with Crippen LogP contribution in [0.1, 0.15) is 55.5 Å². The number of amides is 2. The zero-order valence-electron chi connectivity index (χ0n) is 16.3. The number of hydrogen-bond acceptors (Lipinski definition) is 8. The predicted octanol–water partition coefficient (Wildman–Crippen LogP) is 1.11. The Kier molecular flexibility index (Phi) is 5.13. The van der Waals surface area contributed by atoms with Gasteiger partial charge in [-0.2, -0.15) is 0 Å². The third-order valence-electron chi connectivity index (χ3n) is 4.96. The van der Waals surface area contributed by atoms with Crippen molar-refractivity contribution in [1.29, 1.82) is 0 Å². The van der Waals surface area contributed by atoms with E-state index >= 15 is 0 Å². The van der Waals surface area contributed by atoms with E-state index in [2.05, 4.69) is 20.4 Å². The van der Waals surface area contributed by atoms with E-state index in [-0.39, 0.29) is 16.6 Å². The topological polar surface area (TPSA) is 127 Å². The minimum absolute atomic E-state index is 0.114. The van der Waals surface area contributed by atoms with Crippen LogP contribution < -0.4 is 10.6 Å². The summed E-state index contributed by atoms with van der Waals surface area (Å²) in [4.78, 5) is 40.2. The first kappa shape index (κ1) is 20.5. The fourth-order valence-corrected chi connectivity index (χ4v) is 4.84. The van der Waals surface area contributed by atoms with Gasteiger partial charge >= 0.3 is 12.1 Å². The molecule has 154 valence electrons. The van der Waals surface area contributed by atoms with Gasteiger partial charge in [-0.3, -0.25) is 4.79 Å². The molecular weight excluding hydrogens is 386 g/mol. The minimum atomic E-state index is -1.13. The fourth-order valence-electron chi connectivity index (χ4n) is 3.84. The molecule has 9 nitrogen and oxygen atoms in total. The number of carbonyl (C=O) groups is 3. The molecule has 4 rings (SSSR count). The Bertz CT molecular complexity index is 780. The molecule has 2 bridgehead atoms. The van der Waals surface area contributed by atoms with E-state index in [1.807, 2.05) is 20.8 Å². The first-order valence-electron chi connectivity index (χ1n) is 8.98. The molecule has 28 heavy (non-hydrogen) atoms. The van der Waals surface area contributed by atoms with E-state index in [9.17, 15) is 19.5 Å². The molecule has 0 radical (unpaired) electrons. The Morgan fingerprint density at radius 1 is 1.32 bits per heavy atom. The van der Waals surface area contributed by atoms with Crippen molar-refractivity contribution in [2.24, 2.45) is 0 Å². The van der Waals surface area contributed by atoms with Gasteiger partial charge in [0.25, 0.3) is 5.91 Å². The standard InChI is InChI=1S/C18H25N3O6S/c1-16(2,3)27-15(25)21-18-7-17(8-18,9-18)14-20-11(6-28-14)12(23)19-10(5-22)13(24)26-4/h6,10,22H,5,7-9H2,1-4H3,(H,19,23)(H,21,25)/t10-,17?,18?/m0/s1. The summed E-state index contributed by atoms with van der Waals surface area (Å²) in [7, 11) is 1.18. The second-order valence-corrected chi connectivity index (χ2v) is 9.35. The summed E-state index contributed by atoms with van der Waals surface area (Å²) in [5, 5.41) is 17.0. The lowest BCUT2D eigenvalue weighted by Crippen LogP contribution is -2.76. The molecule has 0 aromatic carbocycles. The molecule has 3 saturated carbocycles. The molecule has 3 N–H and O–H groups in total. The van der Waals surface area contributed by atoms with Gasteiger partial charge in [-0.25, -0.2) is 14.6 Å². The number of esters is 1. The first-order chi connectivity index (χ1) is 13.0. The van der Waals surface area contributed by atoms with Crippen LogP contribution in [0.5, 0.6) is 0 Å². The van der Waals surface area contributed by atoms with Crippen molar-refractivity contribution in [2.75, 3.05) is 13.7 Å². The number of nitrogens with zero attached hydrogens (tertiary/aromatic N) is 1. The van der Waals surface area contributed by atoms with Crippen LogP contribution in [0.25, 0.3) is 0 Å². The monoisotopic (exact) mass is 411 g/mol. The SMILES string of the molecule is COC(=O)[C@H](CO)NC(=O)c1csc(C23CC(NC(=O)OC(C)(C)C)(C2)C3)n1. The minimum Gasteiger partial charge on any atom is -0.467 e. The van der Waals surface area contributed by atoms with Gasteiger partial charge in [-0.15, -0.1) is 11.3 Å². The molecule has 1 aromatic rings. The van der Waals surface area contributed by atoms with E-state index in [4.69, 9.17) is 4.74 Å². The highest BCUT2D eigenvalue weighted by molar-refractivity contribution is 7.10. The number of aromatic nitrogens is 1. The van der Waals surface area contributed by atoms with Crippen LogP contribution in [0.3, 0.4) is 0 Å². The smallest absolute Gasteiger partial charge is 0.408 e. The van der Waals surface area contributed by atoms with Gasteiger partial charge in [-0.1, -0.05) is 0 Å². The Balaban J connectivity index is 1.56. The quantitative estimate of drug-likeness (QED) is 0.598. The lowest BCUT2D eigenvalue weighted by molar-refractivity contribution is -0.143. The molecule has 1 heterocycles. The number of ether oxygens (including phenoxy) is 2. The van der Waals surface area contributed by atoms with Crippen LogP contribution in [-0.4, -0.2) is 59.0 Å². The number of thiazole rings is 1. The molecule has 0 unspecified atom stereocenters. The van der Waals surface area contributed by atoms with Crippen LogP contribution in [0.15, 0.2) is 5.38 Å². The van der Waals surface area contributed by atoms with Crippen LogP contribution in [0.2, 0.25) is 0 Å². The van der Waals surface area contributed by atoms with E-state index < -0.39 is 36.2 Å². The second-order valence-electron chi connectivity index (χ2n) is 8.49. The van der Waals surface area contributed by atoms with Crippen molar-refractivity contribution < 1.29 is 29.0 Å². The summed E-state index contributed by atoms with van der Waals surface area (Å²) in [5.74, 6) is -1.26. The van der Waals surface area contributed by atoms with Gasteiger partial charge in [0, 0.05) is 16.3 Å². The summed E-state index contributed by atoms with van der Waals surface area (Å²) < 4.78 is 9.84. The molecule has 0 aliphatic heterocycles. The number of nitrogens with one attached hydrogen (secondary N) is 2. The van der Waals surface area contributed by atoms with Crippen LogP contribution >= 0.6 is 11.3 Å². The molecule has 3 aliphatic carbocycles. The summed E-state index contributed by atoms with van der Waals surface area (Å²) >= 11 is 1.38. The summed E-state index contributed by atoms with van der Waals surface area (Å²) in [6.45, 7) is 4.90. The van der Waals surface area contributed by atoms with Crippen molar-refractivity contribution in [2.45, 2.75) is 62.6 Å². The van der Waals surface area contributed by atoms with Gasteiger partial charge in [0.1, 0.15) is 11.3 Å². The summed E-state index contributed by atoms with van der Waals surface area (Å²) in [5.41, 5.74) is -0.707. The van der Waals surface area contributed by atoms with Crippen LogP contribution in [-0.2, 0) is 19.7 Å². The van der Waals surface area contributed by atoms with E-state index in [0.717, 1.165) is 24.3 Å². The van der Waals surface area contributed by atoms with Gasteiger partial charge in [0.05, 0.1) is 18.7 Å². The van der Waals surface area contributed by atoms with Crippen molar-refractivity contribution in [1.82, 2.24) is 15.6 Å². The molecule has 10 heteroatoms. The van der Waals surface area contributed by atoms with Gasteiger partial charge in [0.15, 0.2) is 6.04 Å². The highest BCUT2D eigenvalue weighted by Crippen LogP contribution is 2.68.